The number of ketones is 1. The number of fused-ring (bicyclic) bond motifs is 5. The predicted octanol–water partition coefficient (Wildman–Crippen LogP) is 5.77. The fraction of sp³-hybridized carbons (Fsp3) is 0.207. The quantitative estimate of drug-likeness (QED) is 0.419. The van der Waals surface area contributed by atoms with Gasteiger partial charge in [-0.2, -0.15) is 0 Å². The SMILES string of the molecule is C[C@]12C(=O)[C@](C)(C(c3ccccc3)=C1c1ccccc1)[C@H]1C(=O)N(c3cccc(Br)c3)C(=O)[C@@H]12. The Bertz CT molecular complexity index is 1330. The van der Waals surface area contributed by atoms with Crippen LogP contribution in [0.1, 0.15) is 25.0 Å². The second-order valence-corrected chi connectivity index (χ2v) is 10.6. The molecule has 3 aromatic carbocycles. The average Bonchev–Trinajstić information content (AvgIpc) is 3.29. The molecule has 0 aromatic heterocycles. The summed E-state index contributed by atoms with van der Waals surface area (Å²) >= 11 is 3.45. The molecule has 4 atom stereocenters. The number of carbonyl (C=O) groups is 3. The van der Waals surface area contributed by atoms with Crippen LogP contribution in [-0.4, -0.2) is 17.6 Å². The second kappa shape index (κ2) is 7.09. The molecule has 34 heavy (non-hydrogen) atoms. The van der Waals surface area contributed by atoms with E-state index < -0.39 is 22.7 Å². The monoisotopic (exact) mass is 511 g/mol. The first-order valence-electron chi connectivity index (χ1n) is 11.4. The van der Waals surface area contributed by atoms with E-state index >= 15 is 0 Å². The Morgan fingerprint density at radius 3 is 1.59 bits per heavy atom. The zero-order valence-electron chi connectivity index (χ0n) is 18.8. The molecule has 168 valence electrons. The lowest BCUT2D eigenvalue weighted by atomic mass is 9.63. The number of benzene rings is 3. The van der Waals surface area contributed by atoms with Crippen LogP contribution in [0.15, 0.2) is 89.4 Å². The summed E-state index contributed by atoms with van der Waals surface area (Å²) in [4.78, 5) is 43.4. The number of imide groups is 1. The first kappa shape index (κ1) is 21.2. The number of hydrogen-bond donors (Lipinski definition) is 0. The van der Waals surface area contributed by atoms with Gasteiger partial charge in [0, 0.05) is 4.47 Å². The molecule has 5 heteroatoms. The number of carbonyl (C=O) groups excluding carboxylic acids is 3. The van der Waals surface area contributed by atoms with E-state index in [0.29, 0.717) is 5.69 Å². The molecule has 0 unspecified atom stereocenters. The molecular weight excluding hydrogens is 490 g/mol. The van der Waals surface area contributed by atoms with E-state index in [4.69, 9.17) is 0 Å². The lowest BCUT2D eigenvalue weighted by Gasteiger charge is -2.35. The minimum Gasteiger partial charge on any atom is -0.298 e. The number of allylic oxidation sites excluding steroid dienone is 2. The highest BCUT2D eigenvalue weighted by Gasteiger charge is 2.78. The first-order valence-corrected chi connectivity index (χ1v) is 12.1. The zero-order valence-corrected chi connectivity index (χ0v) is 20.4. The van der Waals surface area contributed by atoms with Gasteiger partial charge in [0.05, 0.1) is 28.4 Å². The van der Waals surface area contributed by atoms with Crippen molar-refractivity contribution in [1.82, 2.24) is 0 Å². The molecule has 2 bridgehead atoms. The van der Waals surface area contributed by atoms with Crippen molar-refractivity contribution >= 4 is 50.4 Å². The summed E-state index contributed by atoms with van der Waals surface area (Å²) < 4.78 is 0.784. The number of nitrogens with zero attached hydrogens (tertiary/aromatic N) is 1. The number of rotatable bonds is 3. The summed E-state index contributed by atoms with van der Waals surface area (Å²) in [6.45, 7) is 3.73. The van der Waals surface area contributed by atoms with E-state index in [-0.39, 0.29) is 17.6 Å². The van der Waals surface area contributed by atoms with E-state index in [1.165, 1.54) is 4.90 Å². The first-order chi connectivity index (χ1) is 16.3. The Morgan fingerprint density at radius 2 is 1.15 bits per heavy atom. The molecule has 2 fully saturated rings. The molecule has 0 N–H and O–H groups in total. The van der Waals surface area contributed by atoms with Crippen molar-refractivity contribution in [2.24, 2.45) is 22.7 Å². The number of amides is 2. The van der Waals surface area contributed by atoms with Crippen LogP contribution >= 0.6 is 15.9 Å². The van der Waals surface area contributed by atoms with Gasteiger partial charge in [0.1, 0.15) is 0 Å². The zero-order chi connectivity index (χ0) is 23.8. The molecule has 1 saturated heterocycles. The van der Waals surface area contributed by atoms with E-state index in [2.05, 4.69) is 15.9 Å². The summed E-state index contributed by atoms with van der Waals surface area (Å²) in [5.74, 6) is -2.11. The Morgan fingerprint density at radius 1 is 0.676 bits per heavy atom. The van der Waals surface area contributed by atoms with Gasteiger partial charge >= 0.3 is 0 Å². The lowest BCUT2D eigenvalue weighted by molar-refractivity contribution is -0.133. The third-order valence-corrected chi connectivity index (χ3v) is 8.47. The molecule has 0 radical (unpaired) electrons. The Hall–Kier alpha value is -3.31. The topological polar surface area (TPSA) is 54.5 Å². The van der Waals surface area contributed by atoms with Crippen molar-refractivity contribution in [2.75, 3.05) is 4.90 Å². The molecule has 1 aliphatic heterocycles. The summed E-state index contributed by atoms with van der Waals surface area (Å²) in [6, 6.07) is 26.8. The van der Waals surface area contributed by atoms with Crippen molar-refractivity contribution in [2.45, 2.75) is 13.8 Å². The summed E-state index contributed by atoms with van der Waals surface area (Å²) in [5, 5.41) is 0. The van der Waals surface area contributed by atoms with Gasteiger partial charge < -0.3 is 0 Å². The molecule has 1 saturated carbocycles. The molecule has 3 aliphatic rings. The smallest absolute Gasteiger partial charge is 0.239 e. The fourth-order valence-corrected chi connectivity index (χ4v) is 7.07. The van der Waals surface area contributed by atoms with Crippen molar-refractivity contribution < 1.29 is 14.4 Å². The fourth-order valence-electron chi connectivity index (χ4n) is 6.68. The number of Topliss-reactive ketones (excluding diaryl/α,β-unsaturated/α-hetero) is 1. The maximum absolute atomic E-state index is 14.2. The number of anilines is 1. The molecular formula is C29H22BrNO3. The van der Waals surface area contributed by atoms with Gasteiger partial charge in [-0.25, -0.2) is 4.90 Å². The van der Waals surface area contributed by atoms with Crippen molar-refractivity contribution in [3.63, 3.8) is 0 Å². The van der Waals surface area contributed by atoms with Gasteiger partial charge in [-0.15, -0.1) is 0 Å². The normalized spacial score (nSPS) is 29.9. The Balaban J connectivity index is 1.63. The third kappa shape index (κ3) is 2.45. The Kier molecular flexibility index (Phi) is 4.43. The predicted molar refractivity (Wildman–Crippen MR) is 135 cm³/mol. The van der Waals surface area contributed by atoms with Crippen LogP contribution in [0, 0.1) is 22.7 Å². The van der Waals surface area contributed by atoms with Crippen LogP contribution in [0.2, 0.25) is 0 Å². The van der Waals surface area contributed by atoms with Crippen molar-refractivity contribution in [1.29, 1.82) is 0 Å². The Labute approximate surface area is 206 Å². The third-order valence-electron chi connectivity index (χ3n) is 7.97. The highest BCUT2D eigenvalue weighted by atomic mass is 79.9. The summed E-state index contributed by atoms with van der Waals surface area (Å²) in [5.41, 5.74) is 1.90. The van der Waals surface area contributed by atoms with E-state index in [0.717, 1.165) is 26.7 Å². The average molecular weight is 512 g/mol. The minimum atomic E-state index is -1.10. The molecule has 6 rings (SSSR count). The largest absolute Gasteiger partial charge is 0.298 e. The van der Waals surface area contributed by atoms with Crippen molar-refractivity contribution in [3.8, 4) is 0 Å². The molecule has 2 amide bonds. The van der Waals surface area contributed by atoms with Gasteiger partial charge in [0.15, 0.2) is 5.78 Å². The maximum Gasteiger partial charge on any atom is 0.239 e. The van der Waals surface area contributed by atoms with Crippen LogP contribution in [0.4, 0.5) is 5.69 Å². The summed E-state index contributed by atoms with van der Waals surface area (Å²) in [7, 11) is 0. The van der Waals surface area contributed by atoms with Crippen LogP contribution < -0.4 is 4.90 Å². The standard InChI is InChI=1S/C29H22BrNO3/c1-28-21(17-10-5-3-6-11-17)22(18-12-7-4-8-13-18)29(2,27(28)34)24-23(28)25(32)31(26(24)33)20-15-9-14-19(30)16-20/h3-16,23-24H,1-2H3/t23-,24-,28-,29+/m1/s1. The minimum absolute atomic E-state index is 0.0386. The molecule has 0 spiro atoms. The number of halogens is 1. The van der Waals surface area contributed by atoms with Gasteiger partial charge in [-0.1, -0.05) is 82.7 Å². The van der Waals surface area contributed by atoms with Crippen LogP contribution in [0.25, 0.3) is 11.1 Å². The number of hydrogen-bond acceptors (Lipinski definition) is 3. The molecule has 2 aliphatic carbocycles. The van der Waals surface area contributed by atoms with Gasteiger partial charge in [-0.05, 0) is 54.3 Å². The highest BCUT2D eigenvalue weighted by molar-refractivity contribution is 9.10. The summed E-state index contributed by atoms with van der Waals surface area (Å²) in [6.07, 6.45) is 0. The van der Waals surface area contributed by atoms with E-state index in [9.17, 15) is 14.4 Å². The maximum atomic E-state index is 14.2. The van der Waals surface area contributed by atoms with Crippen LogP contribution in [-0.2, 0) is 14.4 Å². The second-order valence-electron chi connectivity index (χ2n) is 9.66. The highest BCUT2D eigenvalue weighted by Crippen LogP contribution is 2.73. The van der Waals surface area contributed by atoms with E-state index in [1.807, 2.05) is 80.6 Å². The van der Waals surface area contributed by atoms with Crippen LogP contribution in [0.3, 0.4) is 0 Å². The van der Waals surface area contributed by atoms with Crippen LogP contribution in [0.5, 0.6) is 0 Å². The molecule has 1 heterocycles. The van der Waals surface area contributed by atoms with Gasteiger partial charge in [0.25, 0.3) is 0 Å². The lowest BCUT2D eigenvalue weighted by Crippen LogP contribution is -2.40. The van der Waals surface area contributed by atoms with Crippen molar-refractivity contribution in [3.05, 3.63) is 101 Å². The van der Waals surface area contributed by atoms with E-state index in [1.54, 1.807) is 18.2 Å². The van der Waals surface area contributed by atoms with Gasteiger partial charge in [-0.3, -0.25) is 14.4 Å². The molecule has 3 aromatic rings. The van der Waals surface area contributed by atoms with Gasteiger partial charge in [0.2, 0.25) is 11.8 Å². The molecule has 4 nitrogen and oxygen atoms in total.